The normalized spacial score (nSPS) is 12.5. The van der Waals surface area contributed by atoms with Gasteiger partial charge in [0.25, 0.3) is 0 Å². The number of unbranched alkanes of at least 4 members (excludes halogenated alkanes) is 1. The number of rotatable bonds is 10. The Balaban J connectivity index is 1.66. The van der Waals surface area contributed by atoms with Crippen LogP contribution < -0.4 is 16.0 Å². The van der Waals surface area contributed by atoms with Gasteiger partial charge in [-0.1, -0.05) is 43.3 Å². The van der Waals surface area contributed by atoms with Crippen LogP contribution in [-0.2, 0) is 0 Å². The van der Waals surface area contributed by atoms with E-state index in [1.54, 1.807) is 6.20 Å². The summed E-state index contributed by atoms with van der Waals surface area (Å²) in [7, 11) is 0. The van der Waals surface area contributed by atoms with Crippen LogP contribution in [0.3, 0.4) is 0 Å². The molecule has 0 aliphatic rings. The third-order valence-corrected chi connectivity index (χ3v) is 4.10. The molecule has 0 amide bonds. The number of nitrogens with zero attached hydrogens (tertiary/aromatic N) is 2. The summed E-state index contributed by atoms with van der Waals surface area (Å²) in [6, 6.07) is 16.4. The van der Waals surface area contributed by atoms with E-state index >= 15 is 0 Å². The number of guanidine groups is 1. The predicted octanol–water partition coefficient (Wildman–Crippen LogP) is 3.63. The molecule has 2 aromatic rings. The Labute approximate surface area is 157 Å². The zero-order chi connectivity index (χ0) is 18.5. The third kappa shape index (κ3) is 7.55. The van der Waals surface area contributed by atoms with Crippen molar-refractivity contribution in [1.82, 2.24) is 15.6 Å². The largest absolute Gasteiger partial charge is 0.370 e. The second-order valence-corrected chi connectivity index (χ2v) is 6.31. The Morgan fingerprint density at radius 3 is 2.50 bits per heavy atom. The molecule has 0 aliphatic heterocycles. The molecule has 1 unspecified atom stereocenters. The van der Waals surface area contributed by atoms with Gasteiger partial charge in [0.2, 0.25) is 0 Å². The van der Waals surface area contributed by atoms with Gasteiger partial charge >= 0.3 is 0 Å². The molecule has 0 fully saturated rings. The lowest BCUT2D eigenvalue weighted by Gasteiger charge is -2.14. The van der Waals surface area contributed by atoms with Crippen LogP contribution in [0.2, 0.25) is 0 Å². The number of nitrogens with one attached hydrogen (secondary N) is 3. The second kappa shape index (κ2) is 11.9. The fourth-order valence-corrected chi connectivity index (χ4v) is 2.60. The Morgan fingerprint density at radius 2 is 1.77 bits per heavy atom. The van der Waals surface area contributed by atoms with Crippen molar-refractivity contribution in [3.8, 4) is 0 Å². The van der Waals surface area contributed by atoms with Crippen molar-refractivity contribution in [1.29, 1.82) is 0 Å². The van der Waals surface area contributed by atoms with E-state index in [1.807, 2.05) is 24.3 Å². The number of hydrogen-bond donors (Lipinski definition) is 3. The van der Waals surface area contributed by atoms with Crippen LogP contribution in [0, 0.1) is 0 Å². The molecule has 0 radical (unpaired) electrons. The van der Waals surface area contributed by atoms with E-state index in [4.69, 9.17) is 4.99 Å². The Kier molecular flexibility index (Phi) is 9.05. The van der Waals surface area contributed by atoms with Gasteiger partial charge in [0.05, 0.1) is 0 Å². The van der Waals surface area contributed by atoms with Gasteiger partial charge in [-0.05, 0) is 37.5 Å². The molecule has 3 N–H and O–H groups in total. The van der Waals surface area contributed by atoms with Crippen LogP contribution in [0.5, 0.6) is 0 Å². The average Bonchev–Trinajstić information content (AvgIpc) is 2.69. The van der Waals surface area contributed by atoms with Crippen molar-refractivity contribution >= 4 is 11.8 Å². The summed E-state index contributed by atoms with van der Waals surface area (Å²) >= 11 is 0. The van der Waals surface area contributed by atoms with Crippen molar-refractivity contribution in [3.63, 3.8) is 0 Å². The predicted molar refractivity (Wildman–Crippen MR) is 111 cm³/mol. The molecule has 5 heteroatoms. The molecule has 26 heavy (non-hydrogen) atoms. The molecule has 1 aromatic heterocycles. The molecule has 1 aromatic carbocycles. The molecule has 0 aliphatic carbocycles. The minimum atomic E-state index is 0.411. The van der Waals surface area contributed by atoms with Crippen LogP contribution in [0.4, 0.5) is 5.82 Å². The molecule has 0 bridgehead atoms. The molecule has 1 heterocycles. The number of anilines is 1. The number of pyridine rings is 1. The minimum absolute atomic E-state index is 0.411. The van der Waals surface area contributed by atoms with Crippen LogP contribution in [-0.4, -0.2) is 37.1 Å². The van der Waals surface area contributed by atoms with Gasteiger partial charge in [0.15, 0.2) is 5.96 Å². The van der Waals surface area contributed by atoms with Crippen molar-refractivity contribution in [2.75, 3.05) is 31.5 Å². The fraction of sp³-hybridized carbons (Fsp3) is 0.429. The van der Waals surface area contributed by atoms with E-state index in [0.29, 0.717) is 5.92 Å². The van der Waals surface area contributed by atoms with Crippen molar-refractivity contribution < 1.29 is 0 Å². The summed E-state index contributed by atoms with van der Waals surface area (Å²) in [5, 5.41) is 10.1. The van der Waals surface area contributed by atoms with E-state index < -0.39 is 0 Å². The highest BCUT2D eigenvalue weighted by atomic mass is 15.2. The van der Waals surface area contributed by atoms with E-state index in [2.05, 4.69) is 59.0 Å². The lowest BCUT2D eigenvalue weighted by atomic mass is 10.0. The smallest absolute Gasteiger partial charge is 0.191 e. The van der Waals surface area contributed by atoms with Crippen LogP contribution in [0.15, 0.2) is 59.7 Å². The van der Waals surface area contributed by atoms with Crippen molar-refractivity contribution in [2.45, 2.75) is 32.6 Å². The zero-order valence-corrected chi connectivity index (χ0v) is 15.9. The van der Waals surface area contributed by atoms with Crippen molar-refractivity contribution in [3.05, 3.63) is 60.3 Å². The van der Waals surface area contributed by atoms with Gasteiger partial charge in [-0.3, -0.25) is 4.99 Å². The summed E-state index contributed by atoms with van der Waals surface area (Å²) < 4.78 is 0. The lowest BCUT2D eigenvalue weighted by Crippen LogP contribution is -2.38. The van der Waals surface area contributed by atoms with Gasteiger partial charge in [0, 0.05) is 38.3 Å². The first-order chi connectivity index (χ1) is 12.8. The summed E-state index contributed by atoms with van der Waals surface area (Å²) in [5.74, 6) is 2.24. The topological polar surface area (TPSA) is 61.3 Å². The summed E-state index contributed by atoms with van der Waals surface area (Å²) in [6.07, 6.45) is 3.97. The van der Waals surface area contributed by atoms with Crippen LogP contribution in [0.1, 0.15) is 38.2 Å². The highest BCUT2D eigenvalue weighted by Gasteiger charge is 2.04. The average molecular weight is 354 g/mol. The maximum Gasteiger partial charge on any atom is 0.191 e. The monoisotopic (exact) mass is 353 g/mol. The highest BCUT2D eigenvalue weighted by molar-refractivity contribution is 5.79. The van der Waals surface area contributed by atoms with Gasteiger partial charge in [0.1, 0.15) is 5.82 Å². The molecule has 2 rings (SSSR count). The van der Waals surface area contributed by atoms with Gasteiger partial charge in [-0.15, -0.1) is 0 Å². The zero-order valence-electron chi connectivity index (χ0n) is 15.9. The Hall–Kier alpha value is -2.56. The number of aromatic nitrogens is 1. The molecule has 1 atom stereocenters. The number of hydrogen-bond acceptors (Lipinski definition) is 3. The van der Waals surface area contributed by atoms with Gasteiger partial charge in [-0.2, -0.15) is 0 Å². The lowest BCUT2D eigenvalue weighted by molar-refractivity contribution is 0.703. The van der Waals surface area contributed by atoms with E-state index in [1.165, 1.54) is 5.56 Å². The molecule has 140 valence electrons. The maximum atomic E-state index is 4.72. The van der Waals surface area contributed by atoms with Crippen molar-refractivity contribution in [2.24, 2.45) is 4.99 Å². The molecular weight excluding hydrogens is 322 g/mol. The second-order valence-electron chi connectivity index (χ2n) is 6.31. The standard InChI is InChI=1S/C21H31N5/c1-3-22-21(26-17-18(2)19-11-5-4-6-12-19)25-16-10-9-15-24-20-13-7-8-14-23-20/h4-8,11-14,18H,3,9-10,15-17H2,1-2H3,(H,23,24)(H2,22,25,26). The Morgan fingerprint density at radius 1 is 1.00 bits per heavy atom. The molecule has 0 saturated carbocycles. The highest BCUT2D eigenvalue weighted by Crippen LogP contribution is 2.14. The van der Waals surface area contributed by atoms with E-state index in [9.17, 15) is 0 Å². The first kappa shape index (κ1) is 19.8. The summed E-state index contributed by atoms with van der Waals surface area (Å²) in [6.45, 7) is 7.79. The molecule has 0 saturated heterocycles. The quantitative estimate of drug-likeness (QED) is 0.347. The minimum Gasteiger partial charge on any atom is -0.370 e. The fourth-order valence-electron chi connectivity index (χ4n) is 2.60. The Bertz CT molecular complexity index is 627. The molecular formula is C21H31N5. The van der Waals surface area contributed by atoms with E-state index in [-0.39, 0.29) is 0 Å². The van der Waals surface area contributed by atoms with Crippen LogP contribution in [0.25, 0.3) is 0 Å². The number of aliphatic imine (C=N–C) groups is 1. The summed E-state index contributed by atoms with van der Waals surface area (Å²) in [4.78, 5) is 8.98. The first-order valence-corrected chi connectivity index (χ1v) is 9.51. The van der Waals surface area contributed by atoms with E-state index in [0.717, 1.165) is 50.8 Å². The van der Waals surface area contributed by atoms with Crippen LogP contribution >= 0.6 is 0 Å². The van der Waals surface area contributed by atoms with Gasteiger partial charge < -0.3 is 16.0 Å². The first-order valence-electron chi connectivity index (χ1n) is 9.51. The molecule has 5 nitrogen and oxygen atoms in total. The SMILES string of the molecule is CCNC(=NCC(C)c1ccccc1)NCCCCNc1ccccn1. The summed E-state index contributed by atoms with van der Waals surface area (Å²) in [5.41, 5.74) is 1.33. The van der Waals surface area contributed by atoms with Gasteiger partial charge in [-0.25, -0.2) is 4.98 Å². The maximum absolute atomic E-state index is 4.72. The molecule has 0 spiro atoms. The third-order valence-electron chi connectivity index (χ3n) is 4.10. The number of benzene rings is 1.